The Bertz CT molecular complexity index is 1020. The largest absolute Gasteiger partial charge is 0.340 e. The lowest BCUT2D eigenvalue weighted by atomic mass is 10.1. The van der Waals surface area contributed by atoms with Crippen molar-refractivity contribution < 1.29 is 13.2 Å². The van der Waals surface area contributed by atoms with Crippen molar-refractivity contribution in [3.8, 4) is 0 Å². The lowest BCUT2D eigenvalue weighted by molar-refractivity contribution is -0.131. The summed E-state index contributed by atoms with van der Waals surface area (Å²) in [5, 5.41) is 0.641. The molecule has 0 saturated heterocycles. The van der Waals surface area contributed by atoms with Crippen LogP contribution in [0, 0.1) is 0 Å². The van der Waals surface area contributed by atoms with E-state index in [1.54, 1.807) is 42.3 Å². The molecule has 2 aromatic rings. The van der Waals surface area contributed by atoms with Gasteiger partial charge in [0.25, 0.3) is 10.0 Å². The topological polar surface area (TPSA) is 78.8 Å². The third-order valence-electron chi connectivity index (χ3n) is 4.77. The summed E-state index contributed by atoms with van der Waals surface area (Å²) in [6, 6.07) is 13.3. The summed E-state index contributed by atoms with van der Waals surface area (Å²) < 4.78 is 27.2. The van der Waals surface area contributed by atoms with E-state index < -0.39 is 16.1 Å². The van der Waals surface area contributed by atoms with Gasteiger partial charge >= 0.3 is 0 Å². The number of nitrogens with zero attached hydrogens (tertiary/aromatic N) is 2. The van der Waals surface area contributed by atoms with E-state index in [9.17, 15) is 13.2 Å². The third kappa shape index (κ3) is 4.97. The number of unbranched alkanes of at least 4 members (excludes halogenated alkanes) is 1. The second kappa shape index (κ2) is 8.97. The number of rotatable bonds is 7. The van der Waals surface area contributed by atoms with Gasteiger partial charge in [0.05, 0.1) is 4.90 Å². The Morgan fingerprint density at radius 2 is 1.86 bits per heavy atom. The molecule has 1 aliphatic rings. The molecule has 0 radical (unpaired) electrons. The van der Waals surface area contributed by atoms with Crippen LogP contribution in [0.15, 0.2) is 58.4 Å². The van der Waals surface area contributed by atoms with Crippen LogP contribution in [0.1, 0.15) is 37.3 Å². The zero-order valence-corrected chi connectivity index (χ0v) is 18.0. The number of halogens is 1. The second-order valence-corrected chi connectivity index (χ2v) is 9.15. The van der Waals surface area contributed by atoms with E-state index in [-0.39, 0.29) is 16.6 Å². The van der Waals surface area contributed by atoms with Crippen LogP contribution in [0.25, 0.3) is 0 Å². The summed E-state index contributed by atoms with van der Waals surface area (Å²) in [5.74, 6) is 0.0828. The number of hydrogen-bond acceptors (Lipinski definition) is 4. The first kappa shape index (κ1) is 21.3. The van der Waals surface area contributed by atoms with E-state index in [0.29, 0.717) is 23.6 Å². The highest BCUT2D eigenvalue weighted by atomic mass is 35.5. The fourth-order valence-electron chi connectivity index (χ4n) is 3.22. The molecule has 1 N–H and O–H groups in total. The van der Waals surface area contributed by atoms with Crippen molar-refractivity contribution >= 4 is 33.4 Å². The first-order valence-corrected chi connectivity index (χ1v) is 11.4. The van der Waals surface area contributed by atoms with E-state index in [0.717, 1.165) is 18.4 Å². The Kier molecular flexibility index (Phi) is 6.59. The molecule has 2 aromatic carbocycles. The molecular formula is C21H24ClN3O3S. The van der Waals surface area contributed by atoms with E-state index in [1.165, 1.54) is 6.07 Å². The molecule has 6 nitrogen and oxygen atoms in total. The number of sulfonamides is 1. The Balaban J connectivity index is 1.85. The van der Waals surface area contributed by atoms with E-state index in [1.807, 2.05) is 19.1 Å². The molecule has 154 valence electrons. The SMILES string of the molecule is CCCCC(N=C1NS(=O)(=O)c2ccccc21)C(=O)N(C)Cc1ccc(Cl)cc1. The van der Waals surface area contributed by atoms with Crippen LogP contribution in [0.2, 0.25) is 5.02 Å². The van der Waals surface area contributed by atoms with Crippen LogP contribution in [0.3, 0.4) is 0 Å². The first-order valence-electron chi connectivity index (χ1n) is 9.51. The van der Waals surface area contributed by atoms with Crippen molar-refractivity contribution in [1.29, 1.82) is 0 Å². The summed E-state index contributed by atoms with van der Waals surface area (Å²) in [6.07, 6.45) is 2.28. The van der Waals surface area contributed by atoms with Crippen LogP contribution in [0.5, 0.6) is 0 Å². The number of benzene rings is 2. The predicted molar refractivity (Wildman–Crippen MR) is 115 cm³/mol. The molecule has 0 aromatic heterocycles. The summed E-state index contributed by atoms with van der Waals surface area (Å²) in [5.41, 5.74) is 1.46. The molecular weight excluding hydrogens is 410 g/mol. The van der Waals surface area contributed by atoms with Crippen molar-refractivity contribution in [3.63, 3.8) is 0 Å². The zero-order valence-electron chi connectivity index (χ0n) is 16.4. The van der Waals surface area contributed by atoms with Gasteiger partial charge in [-0.15, -0.1) is 0 Å². The highest BCUT2D eigenvalue weighted by molar-refractivity contribution is 7.90. The maximum Gasteiger partial charge on any atom is 0.263 e. The molecule has 0 spiro atoms. The normalized spacial score (nSPS) is 16.9. The van der Waals surface area contributed by atoms with Crippen LogP contribution in [-0.4, -0.2) is 38.2 Å². The van der Waals surface area contributed by atoms with Crippen molar-refractivity contribution in [3.05, 3.63) is 64.7 Å². The maximum absolute atomic E-state index is 13.1. The molecule has 3 rings (SSSR count). The number of amidine groups is 1. The van der Waals surface area contributed by atoms with Crippen molar-refractivity contribution in [2.45, 2.75) is 43.7 Å². The molecule has 29 heavy (non-hydrogen) atoms. The minimum Gasteiger partial charge on any atom is -0.340 e. The molecule has 0 saturated carbocycles. The summed E-state index contributed by atoms with van der Waals surface area (Å²) in [4.78, 5) is 19.4. The lowest BCUT2D eigenvalue weighted by Crippen LogP contribution is -2.36. The monoisotopic (exact) mass is 433 g/mol. The molecule has 0 bridgehead atoms. The van der Waals surface area contributed by atoms with Crippen molar-refractivity contribution in [2.24, 2.45) is 4.99 Å². The average Bonchev–Trinajstić information content (AvgIpc) is 2.96. The predicted octanol–water partition coefficient (Wildman–Crippen LogP) is 3.60. The van der Waals surface area contributed by atoms with Crippen molar-refractivity contribution in [2.75, 3.05) is 7.05 Å². The highest BCUT2D eigenvalue weighted by Crippen LogP contribution is 2.23. The average molecular weight is 434 g/mol. The Labute approximate surface area is 176 Å². The minimum absolute atomic E-state index is 0.149. The van der Waals surface area contributed by atoms with Crippen LogP contribution >= 0.6 is 11.6 Å². The maximum atomic E-state index is 13.1. The standard InChI is InChI=1S/C21H24ClN3O3S/c1-3-4-8-18(21(26)25(2)14-15-10-12-16(22)13-11-15)23-20-17-7-5-6-9-19(17)29(27,28)24-20/h5-7,9-13,18H,3-4,8,14H2,1-2H3,(H,23,24). The Morgan fingerprint density at radius 1 is 1.17 bits per heavy atom. The van der Waals surface area contributed by atoms with Crippen molar-refractivity contribution in [1.82, 2.24) is 9.62 Å². The van der Waals surface area contributed by atoms with Gasteiger partial charge in [0.15, 0.2) is 0 Å². The number of hydrogen-bond donors (Lipinski definition) is 1. The fraction of sp³-hybridized carbons (Fsp3) is 0.333. The van der Waals surface area contributed by atoms with Crippen LogP contribution < -0.4 is 4.72 Å². The van der Waals surface area contributed by atoms with Crippen LogP contribution in [-0.2, 0) is 21.4 Å². The Hall–Kier alpha value is -2.38. The second-order valence-electron chi connectivity index (χ2n) is 7.06. The zero-order chi connectivity index (χ0) is 21.0. The van der Waals surface area contributed by atoms with Gasteiger partial charge in [0, 0.05) is 24.2 Å². The molecule has 0 fully saturated rings. The van der Waals surface area contributed by atoms with E-state index >= 15 is 0 Å². The van der Waals surface area contributed by atoms with E-state index in [4.69, 9.17) is 11.6 Å². The quantitative estimate of drug-likeness (QED) is 0.724. The van der Waals surface area contributed by atoms with E-state index in [2.05, 4.69) is 9.71 Å². The number of likely N-dealkylation sites (N-methyl/N-ethyl adjacent to an activating group) is 1. The number of carbonyl (C=O) groups excluding carboxylic acids is 1. The molecule has 1 aliphatic heterocycles. The first-order chi connectivity index (χ1) is 13.8. The van der Waals surface area contributed by atoms with Gasteiger partial charge in [-0.25, -0.2) is 8.42 Å². The van der Waals surface area contributed by atoms with Gasteiger partial charge in [-0.1, -0.05) is 55.6 Å². The lowest BCUT2D eigenvalue weighted by Gasteiger charge is -2.22. The molecule has 1 heterocycles. The molecule has 1 unspecified atom stereocenters. The summed E-state index contributed by atoms with van der Waals surface area (Å²) in [6.45, 7) is 2.46. The fourth-order valence-corrected chi connectivity index (χ4v) is 4.59. The summed E-state index contributed by atoms with van der Waals surface area (Å²) in [7, 11) is -1.91. The van der Waals surface area contributed by atoms with Crippen LogP contribution in [0.4, 0.5) is 0 Å². The molecule has 8 heteroatoms. The number of amides is 1. The number of aliphatic imine (C=N–C) groups is 1. The molecule has 1 amide bonds. The van der Waals surface area contributed by atoms with Gasteiger partial charge in [-0.05, 0) is 36.2 Å². The minimum atomic E-state index is -3.64. The number of fused-ring (bicyclic) bond motifs is 1. The number of carbonyl (C=O) groups is 1. The smallest absolute Gasteiger partial charge is 0.263 e. The number of nitrogens with one attached hydrogen (secondary N) is 1. The molecule has 1 atom stereocenters. The highest BCUT2D eigenvalue weighted by Gasteiger charge is 2.32. The van der Waals surface area contributed by atoms with Gasteiger partial charge in [0.2, 0.25) is 5.91 Å². The Morgan fingerprint density at radius 3 is 2.55 bits per heavy atom. The molecule has 0 aliphatic carbocycles. The van der Waals surface area contributed by atoms with Gasteiger partial charge in [-0.2, -0.15) is 0 Å². The van der Waals surface area contributed by atoms with Gasteiger partial charge in [-0.3, -0.25) is 14.5 Å². The third-order valence-corrected chi connectivity index (χ3v) is 6.42. The summed E-state index contributed by atoms with van der Waals surface area (Å²) >= 11 is 5.92. The van der Waals surface area contributed by atoms with Gasteiger partial charge < -0.3 is 4.90 Å². The van der Waals surface area contributed by atoms with Gasteiger partial charge in [0.1, 0.15) is 11.9 Å².